The molecule has 0 aromatic heterocycles. The van der Waals surface area contributed by atoms with Crippen molar-refractivity contribution in [1.82, 2.24) is 10.6 Å². The second-order valence-corrected chi connectivity index (χ2v) is 8.16. The number of nitrogens with zero attached hydrogens (tertiary/aromatic N) is 1. The summed E-state index contributed by atoms with van der Waals surface area (Å²) in [6, 6.07) is 22.8. The van der Waals surface area contributed by atoms with E-state index in [4.69, 9.17) is 0 Å². The SMILES string of the molecule is C=C(/C=C(\NCCC)c1ccccc1)NC1=NC(c2ccccc2C(F)(F)F)Nc2ccccc21. The average Bonchev–Trinajstić information content (AvgIpc) is 2.86. The van der Waals surface area contributed by atoms with Crippen LogP contribution in [0, 0.1) is 0 Å². The Hall–Kier alpha value is -4.00. The molecule has 3 aromatic rings. The van der Waals surface area contributed by atoms with Crippen molar-refractivity contribution in [1.29, 1.82) is 0 Å². The lowest BCUT2D eigenvalue weighted by atomic mass is 10.0. The van der Waals surface area contributed by atoms with E-state index in [1.165, 1.54) is 12.1 Å². The van der Waals surface area contributed by atoms with Crippen LogP contribution in [0.1, 0.15) is 41.8 Å². The highest BCUT2D eigenvalue weighted by Crippen LogP contribution is 2.38. The number of rotatable bonds is 7. The highest BCUT2D eigenvalue weighted by atomic mass is 19.4. The topological polar surface area (TPSA) is 48.5 Å². The number of hydrogen-bond acceptors (Lipinski definition) is 4. The van der Waals surface area contributed by atoms with Gasteiger partial charge >= 0.3 is 6.18 Å². The van der Waals surface area contributed by atoms with Crippen LogP contribution in [0.2, 0.25) is 0 Å². The van der Waals surface area contributed by atoms with Crippen LogP contribution in [0.4, 0.5) is 18.9 Å². The molecule has 0 spiro atoms. The Balaban J connectivity index is 1.69. The van der Waals surface area contributed by atoms with Gasteiger partial charge < -0.3 is 16.0 Å². The molecule has 4 rings (SSSR count). The maximum absolute atomic E-state index is 13.7. The molecule has 1 atom stereocenters. The molecule has 1 unspecified atom stereocenters. The van der Waals surface area contributed by atoms with Gasteiger partial charge in [0.1, 0.15) is 12.0 Å². The fourth-order valence-corrected chi connectivity index (χ4v) is 3.91. The third kappa shape index (κ3) is 5.74. The lowest BCUT2D eigenvalue weighted by Crippen LogP contribution is -2.30. The van der Waals surface area contributed by atoms with Crippen LogP contribution in [0.3, 0.4) is 0 Å². The van der Waals surface area contributed by atoms with Crippen LogP contribution in [-0.2, 0) is 6.18 Å². The molecular weight excluding hydrogens is 449 g/mol. The average molecular weight is 477 g/mol. The summed E-state index contributed by atoms with van der Waals surface area (Å²) in [6.07, 6.45) is -2.55. The van der Waals surface area contributed by atoms with Crippen molar-refractivity contribution in [3.05, 3.63) is 119 Å². The van der Waals surface area contributed by atoms with Gasteiger partial charge in [-0.2, -0.15) is 13.2 Å². The Bertz CT molecular complexity index is 1250. The zero-order valence-electron chi connectivity index (χ0n) is 19.4. The maximum atomic E-state index is 13.7. The van der Waals surface area contributed by atoms with Crippen LogP contribution in [0.25, 0.3) is 5.70 Å². The Labute approximate surface area is 203 Å². The van der Waals surface area contributed by atoms with Crippen molar-refractivity contribution in [3.8, 4) is 0 Å². The fourth-order valence-electron chi connectivity index (χ4n) is 3.91. The van der Waals surface area contributed by atoms with Gasteiger partial charge in [0.05, 0.1) is 5.56 Å². The highest BCUT2D eigenvalue weighted by Gasteiger charge is 2.36. The molecule has 1 aliphatic heterocycles. The number of hydrogen-bond donors (Lipinski definition) is 3. The predicted octanol–water partition coefficient (Wildman–Crippen LogP) is 6.72. The molecule has 35 heavy (non-hydrogen) atoms. The van der Waals surface area contributed by atoms with Gasteiger partial charge in [-0.15, -0.1) is 0 Å². The molecule has 0 aliphatic carbocycles. The summed E-state index contributed by atoms with van der Waals surface area (Å²) in [4.78, 5) is 4.63. The third-order valence-corrected chi connectivity index (χ3v) is 5.54. The first-order valence-corrected chi connectivity index (χ1v) is 11.4. The van der Waals surface area contributed by atoms with Gasteiger partial charge in [-0.25, -0.2) is 4.99 Å². The van der Waals surface area contributed by atoms with Crippen LogP contribution < -0.4 is 16.0 Å². The molecule has 0 amide bonds. The van der Waals surface area contributed by atoms with Gasteiger partial charge in [-0.1, -0.05) is 74.2 Å². The lowest BCUT2D eigenvalue weighted by molar-refractivity contribution is -0.138. The minimum atomic E-state index is -4.49. The van der Waals surface area contributed by atoms with Crippen molar-refractivity contribution < 1.29 is 13.2 Å². The molecule has 3 aromatic carbocycles. The van der Waals surface area contributed by atoms with E-state index in [-0.39, 0.29) is 5.56 Å². The maximum Gasteiger partial charge on any atom is 0.416 e. The molecule has 0 bridgehead atoms. The molecule has 4 nitrogen and oxygen atoms in total. The highest BCUT2D eigenvalue weighted by molar-refractivity contribution is 6.06. The monoisotopic (exact) mass is 476 g/mol. The van der Waals surface area contributed by atoms with Gasteiger partial charge in [0.25, 0.3) is 0 Å². The van der Waals surface area contributed by atoms with Gasteiger partial charge in [0.2, 0.25) is 0 Å². The zero-order chi connectivity index (χ0) is 24.8. The summed E-state index contributed by atoms with van der Waals surface area (Å²) in [6.45, 7) is 7.02. The number of nitrogens with one attached hydrogen (secondary N) is 3. The van der Waals surface area contributed by atoms with Crippen LogP contribution in [-0.4, -0.2) is 12.4 Å². The van der Waals surface area contributed by atoms with E-state index in [2.05, 4.69) is 34.4 Å². The quantitative estimate of drug-likeness (QED) is 0.332. The number of allylic oxidation sites excluding steroid dienone is 1. The molecule has 0 fully saturated rings. The lowest BCUT2D eigenvalue weighted by Gasteiger charge is -2.28. The molecule has 0 saturated carbocycles. The molecule has 0 radical (unpaired) electrons. The Morgan fingerprint density at radius 3 is 2.43 bits per heavy atom. The van der Waals surface area contributed by atoms with E-state index in [0.717, 1.165) is 35.9 Å². The van der Waals surface area contributed by atoms with E-state index in [1.807, 2.05) is 60.7 Å². The second kappa shape index (κ2) is 10.5. The van der Waals surface area contributed by atoms with Crippen molar-refractivity contribution >= 4 is 17.2 Å². The van der Waals surface area contributed by atoms with E-state index < -0.39 is 17.9 Å². The van der Waals surface area contributed by atoms with Crippen LogP contribution >= 0.6 is 0 Å². The number of benzene rings is 3. The number of amidine groups is 1. The number of aliphatic imine (C=N–C) groups is 1. The van der Waals surface area contributed by atoms with Gasteiger partial charge in [0, 0.05) is 34.8 Å². The van der Waals surface area contributed by atoms with Crippen molar-refractivity contribution in [2.45, 2.75) is 25.7 Å². The first-order valence-electron chi connectivity index (χ1n) is 11.4. The molecule has 7 heteroatoms. The number of fused-ring (bicyclic) bond motifs is 1. The standard InChI is InChI=1S/C28H27F3N4/c1-3-17-32-25(20-11-5-4-6-12-20)18-19(2)33-27-22-14-8-10-16-24(22)34-26(35-27)21-13-7-9-15-23(21)28(29,30)31/h4-16,18,26,32,34H,2-3,17H2,1H3,(H,33,35)/b25-18-. The third-order valence-electron chi connectivity index (χ3n) is 5.54. The minimum Gasteiger partial charge on any atom is -0.385 e. The Morgan fingerprint density at radius 2 is 1.69 bits per heavy atom. The Kier molecular flexibility index (Phi) is 7.25. The molecule has 1 aliphatic rings. The van der Waals surface area contributed by atoms with E-state index in [1.54, 1.807) is 6.07 Å². The number of anilines is 1. The van der Waals surface area contributed by atoms with Crippen LogP contribution in [0.5, 0.6) is 0 Å². The minimum absolute atomic E-state index is 0.0598. The molecular formula is C28H27F3N4. The van der Waals surface area contributed by atoms with Crippen molar-refractivity contribution in [2.75, 3.05) is 11.9 Å². The van der Waals surface area contributed by atoms with Crippen molar-refractivity contribution in [2.24, 2.45) is 4.99 Å². The molecule has 0 saturated heterocycles. The number of halogens is 3. The largest absolute Gasteiger partial charge is 0.416 e. The fraction of sp³-hybridized carbons (Fsp3) is 0.179. The number of alkyl halides is 3. The first-order chi connectivity index (χ1) is 16.9. The summed E-state index contributed by atoms with van der Waals surface area (Å²) >= 11 is 0. The number of para-hydroxylation sites is 1. The van der Waals surface area contributed by atoms with Gasteiger partial charge in [0.15, 0.2) is 0 Å². The smallest absolute Gasteiger partial charge is 0.385 e. The van der Waals surface area contributed by atoms with E-state index in [9.17, 15) is 13.2 Å². The molecule has 3 N–H and O–H groups in total. The summed E-state index contributed by atoms with van der Waals surface area (Å²) in [5.41, 5.74) is 3.26. The van der Waals surface area contributed by atoms with E-state index >= 15 is 0 Å². The van der Waals surface area contributed by atoms with E-state index in [0.29, 0.717) is 17.2 Å². The van der Waals surface area contributed by atoms with Crippen LogP contribution in [0.15, 0.2) is 102 Å². The summed E-state index contributed by atoms with van der Waals surface area (Å²) < 4.78 is 41.1. The Morgan fingerprint density at radius 1 is 1.00 bits per heavy atom. The van der Waals surface area contributed by atoms with Gasteiger partial charge in [-0.05, 0) is 36.3 Å². The summed E-state index contributed by atoms with van der Waals surface area (Å²) in [5, 5.41) is 9.78. The summed E-state index contributed by atoms with van der Waals surface area (Å²) in [5.74, 6) is 0.450. The zero-order valence-corrected chi connectivity index (χ0v) is 19.4. The second-order valence-electron chi connectivity index (χ2n) is 8.16. The van der Waals surface area contributed by atoms with Crippen molar-refractivity contribution in [3.63, 3.8) is 0 Å². The first kappa shape index (κ1) is 24.1. The predicted molar refractivity (Wildman–Crippen MR) is 136 cm³/mol. The molecule has 180 valence electrons. The van der Waals surface area contributed by atoms with Gasteiger partial charge in [-0.3, -0.25) is 0 Å². The summed E-state index contributed by atoms with van der Waals surface area (Å²) in [7, 11) is 0. The molecule has 1 heterocycles. The normalized spacial score (nSPS) is 15.5.